The number of rotatable bonds is 10. The minimum Gasteiger partial charge on any atom is -0.377 e. The van der Waals surface area contributed by atoms with Crippen molar-refractivity contribution in [3.8, 4) is 11.1 Å². The van der Waals surface area contributed by atoms with Gasteiger partial charge in [0, 0.05) is 29.3 Å². The van der Waals surface area contributed by atoms with Gasteiger partial charge >= 0.3 is 0 Å². The predicted molar refractivity (Wildman–Crippen MR) is 142 cm³/mol. The SMILES string of the molecule is NC(=O)c1cc(-c2cccnc2C(Cc2cc(F)cc(F)c2)NC(O)Cn2nc(C(F)F)c3c2C(F)(F)C2CC32)ccc1F. The first kappa shape index (κ1) is 29.8. The Morgan fingerprint density at radius 3 is 2.50 bits per heavy atom. The van der Waals surface area contributed by atoms with Crippen molar-refractivity contribution in [1.29, 1.82) is 0 Å². The fraction of sp³-hybridized carbons (Fsp3) is 0.300. The van der Waals surface area contributed by atoms with Crippen molar-refractivity contribution in [2.45, 2.75) is 49.9 Å². The second kappa shape index (κ2) is 11.0. The van der Waals surface area contributed by atoms with Crippen LogP contribution in [0, 0.1) is 23.4 Å². The van der Waals surface area contributed by atoms with Crippen molar-refractivity contribution in [1.82, 2.24) is 20.1 Å². The monoisotopic (exact) mass is 619 g/mol. The molecule has 44 heavy (non-hydrogen) atoms. The summed E-state index contributed by atoms with van der Waals surface area (Å²) in [7, 11) is 0. The van der Waals surface area contributed by atoms with Crippen molar-refractivity contribution in [2.75, 3.05) is 0 Å². The lowest BCUT2D eigenvalue weighted by molar-refractivity contribution is -0.0334. The molecule has 1 amide bonds. The Balaban J connectivity index is 1.37. The Labute approximate surface area is 245 Å². The van der Waals surface area contributed by atoms with Crippen molar-refractivity contribution in [2.24, 2.45) is 11.7 Å². The highest BCUT2D eigenvalue weighted by Gasteiger charge is 2.67. The minimum absolute atomic E-state index is 0.0712. The molecule has 0 spiro atoms. The fourth-order valence-corrected chi connectivity index (χ4v) is 6.06. The average molecular weight is 620 g/mol. The lowest BCUT2D eigenvalue weighted by atomic mass is 9.94. The highest BCUT2D eigenvalue weighted by Crippen LogP contribution is 2.68. The topological polar surface area (TPSA) is 106 Å². The van der Waals surface area contributed by atoms with Gasteiger partial charge in [0.2, 0.25) is 0 Å². The normalized spacial score (nSPS) is 19.5. The number of amides is 1. The van der Waals surface area contributed by atoms with Crippen LogP contribution in [0.4, 0.5) is 30.7 Å². The fourth-order valence-electron chi connectivity index (χ4n) is 6.06. The molecule has 0 radical (unpaired) electrons. The lowest BCUT2D eigenvalue weighted by Crippen LogP contribution is -2.39. The number of hydrogen-bond donors (Lipinski definition) is 3. The van der Waals surface area contributed by atoms with E-state index in [0.29, 0.717) is 21.9 Å². The number of aromatic nitrogens is 3. The van der Waals surface area contributed by atoms with Crippen LogP contribution >= 0.6 is 0 Å². The van der Waals surface area contributed by atoms with Gasteiger partial charge in [0.1, 0.15) is 35.1 Å². The highest BCUT2D eigenvalue weighted by atomic mass is 19.3. The van der Waals surface area contributed by atoms with E-state index in [9.17, 15) is 31.9 Å². The minimum atomic E-state index is -3.41. The Kier molecular flexibility index (Phi) is 7.44. The molecule has 14 heteroatoms. The van der Waals surface area contributed by atoms with Crippen LogP contribution in [0.2, 0.25) is 0 Å². The maximum atomic E-state index is 15.1. The number of primary amides is 1. The van der Waals surface area contributed by atoms with E-state index in [1.165, 1.54) is 24.4 Å². The van der Waals surface area contributed by atoms with E-state index in [1.54, 1.807) is 6.07 Å². The molecule has 230 valence electrons. The first-order chi connectivity index (χ1) is 20.8. The van der Waals surface area contributed by atoms with Crippen molar-refractivity contribution < 1.29 is 40.6 Å². The van der Waals surface area contributed by atoms with E-state index in [4.69, 9.17) is 5.73 Å². The average Bonchev–Trinajstić information content (AvgIpc) is 3.61. The molecule has 4 unspecified atom stereocenters. The Morgan fingerprint density at radius 1 is 1.09 bits per heavy atom. The van der Waals surface area contributed by atoms with Gasteiger partial charge < -0.3 is 10.8 Å². The number of aliphatic hydroxyl groups excluding tert-OH is 1. The molecule has 6 rings (SSSR count). The predicted octanol–water partition coefficient (Wildman–Crippen LogP) is 5.50. The number of fused-ring (bicyclic) bond motifs is 3. The van der Waals surface area contributed by atoms with Gasteiger partial charge in [-0.1, -0.05) is 12.1 Å². The van der Waals surface area contributed by atoms with Crippen LogP contribution in [-0.4, -0.2) is 32.0 Å². The van der Waals surface area contributed by atoms with Gasteiger partial charge in [-0.25, -0.2) is 22.0 Å². The molecule has 1 fully saturated rings. The molecular formula is C30H24F7N5O2. The number of halogens is 7. The molecule has 2 aromatic heterocycles. The van der Waals surface area contributed by atoms with Gasteiger partial charge in [0.05, 0.1) is 23.8 Å². The maximum Gasteiger partial charge on any atom is 0.293 e. The zero-order chi connectivity index (χ0) is 31.5. The molecule has 0 saturated heterocycles. The van der Waals surface area contributed by atoms with Crippen LogP contribution < -0.4 is 11.1 Å². The molecule has 1 saturated carbocycles. The van der Waals surface area contributed by atoms with Gasteiger partial charge in [-0.2, -0.15) is 13.9 Å². The zero-order valence-electron chi connectivity index (χ0n) is 22.6. The molecule has 2 heterocycles. The largest absolute Gasteiger partial charge is 0.377 e. The third-order valence-corrected chi connectivity index (χ3v) is 7.98. The molecule has 4 aromatic rings. The molecule has 4 atom stereocenters. The Bertz CT molecular complexity index is 1740. The van der Waals surface area contributed by atoms with E-state index in [-0.39, 0.29) is 29.7 Å². The van der Waals surface area contributed by atoms with Gasteiger partial charge in [-0.15, -0.1) is 0 Å². The molecule has 4 N–H and O–H groups in total. The number of carbonyl (C=O) groups excluding carboxylic acids is 1. The maximum absolute atomic E-state index is 15.1. The summed E-state index contributed by atoms with van der Waals surface area (Å²) < 4.78 is 101. The van der Waals surface area contributed by atoms with E-state index in [2.05, 4.69) is 15.4 Å². The van der Waals surface area contributed by atoms with Gasteiger partial charge in [0.25, 0.3) is 18.3 Å². The summed E-state index contributed by atoms with van der Waals surface area (Å²) in [5, 5.41) is 17.6. The van der Waals surface area contributed by atoms with E-state index in [0.717, 1.165) is 18.2 Å². The summed E-state index contributed by atoms with van der Waals surface area (Å²) >= 11 is 0. The van der Waals surface area contributed by atoms with Gasteiger partial charge in [-0.3, -0.25) is 19.8 Å². The third kappa shape index (κ3) is 5.32. The summed E-state index contributed by atoms with van der Waals surface area (Å²) in [5.74, 6) is -8.88. The molecule has 7 nitrogen and oxygen atoms in total. The van der Waals surface area contributed by atoms with E-state index < -0.39 is 83.3 Å². The number of benzene rings is 2. The summed E-state index contributed by atoms with van der Waals surface area (Å²) in [4.78, 5) is 16.1. The Hall–Kier alpha value is -4.30. The van der Waals surface area contributed by atoms with E-state index >= 15 is 8.78 Å². The van der Waals surface area contributed by atoms with Crippen LogP contribution in [-0.2, 0) is 18.9 Å². The molecule has 0 aliphatic heterocycles. The summed E-state index contributed by atoms with van der Waals surface area (Å²) in [6, 6.07) is 8.37. The lowest BCUT2D eigenvalue weighted by Gasteiger charge is -2.25. The second-order valence-electron chi connectivity index (χ2n) is 10.9. The van der Waals surface area contributed by atoms with Crippen LogP contribution in [0.5, 0.6) is 0 Å². The molecule has 2 aliphatic carbocycles. The van der Waals surface area contributed by atoms with E-state index in [1.807, 2.05) is 0 Å². The van der Waals surface area contributed by atoms with Crippen molar-refractivity contribution in [3.63, 3.8) is 0 Å². The van der Waals surface area contributed by atoms with Crippen LogP contribution in [0.1, 0.15) is 63.4 Å². The number of hydrogen-bond acceptors (Lipinski definition) is 5. The number of alkyl halides is 4. The molecule has 0 bridgehead atoms. The quantitative estimate of drug-likeness (QED) is 0.161. The second-order valence-corrected chi connectivity index (χ2v) is 10.9. The number of nitrogens with one attached hydrogen (secondary N) is 1. The molecule has 2 aromatic carbocycles. The van der Waals surface area contributed by atoms with Crippen LogP contribution in [0.25, 0.3) is 11.1 Å². The third-order valence-electron chi connectivity index (χ3n) is 7.98. The summed E-state index contributed by atoms with van der Waals surface area (Å²) in [6.45, 7) is -0.664. The Morgan fingerprint density at radius 2 is 1.82 bits per heavy atom. The van der Waals surface area contributed by atoms with Gasteiger partial charge in [-0.05, 0) is 60.2 Å². The first-order valence-corrected chi connectivity index (χ1v) is 13.6. The highest BCUT2D eigenvalue weighted by molar-refractivity contribution is 5.94. The van der Waals surface area contributed by atoms with Crippen molar-refractivity contribution in [3.05, 3.63) is 106 Å². The zero-order valence-corrected chi connectivity index (χ0v) is 22.6. The standard InChI is InChI=1S/C30H24F7N5O2/c31-15-6-13(7-16(32)10-15)8-22(25-17(2-1-5-39-25)14-3-4-21(33)19(9-14)29(38)44)40-23(43)12-42-27-24(26(41-42)28(34)35)18-11-20(18)30(27,36)37/h1-7,9-10,18,20,22-23,28,40,43H,8,11-12H2,(H2,38,44). The summed E-state index contributed by atoms with van der Waals surface area (Å²) in [6.07, 6.45) is -3.53. The molecule has 2 aliphatic rings. The first-order valence-electron chi connectivity index (χ1n) is 13.6. The number of aliphatic hydroxyl groups is 1. The smallest absolute Gasteiger partial charge is 0.293 e. The number of carbonyl (C=O) groups is 1. The molecular weight excluding hydrogens is 595 g/mol. The van der Waals surface area contributed by atoms with Crippen LogP contribution in [0.15, 0.2) is 54.7 Å². The number of nitrogens with two attached hydrogens (primary N) is 1. The van der Waals surface area contributed by atoms with Crippen LogP contribution in [0.3, 0.4) is 0 Å². The summed E-state index contributed by atoms with van der Waals surface area (Å²) in [5.41, 5.74) is 4.20. The number of nitrogens with zero attached hydrogens (tertiary/aromatic N) is 3. The number of pyridine rings is 1. The van der Waals surface area contributed by atoms with Crippen molar-refractivity contribution >= 4 is 5.91 Å². The van der Waals surface area contributed by atoms with Gasteiger partial charge in [0.15, 0.2) is 0 Å².